The highest BCUT2D eigenvalue weighted by Gasteiger charge is 2.26. The van der Waals surface area contributed by atoms with Gasteiger partial charge in [0, 0.05) is 18.7 Å². The van der Waals surface area contributed by atoms with Crippen molar-refractivity contribution in [1.82, 2.24) is 15.8 Å². The molecule has 0 spiro atoms. The number of carbonyl (C=O) groups is 2. The molecule has 146 valence electrons. The van der Waals surface area contributed by atoms with E-state index in [1.807, 2.05) is 37.3 Å². The van der Waals surface area contributed by atoms with Gasteiger partial charge in [0.05, 0.1) is 13.0 Å². The van der Waals surface area contributed by atoms with Gasteiger partial charge in [-0.15, -0.1) is 0 Å². The molecule has 0 saturated carbocycles. The number of hydrogen-bond acceptors (Lipinski definition) is 5. The van der Waals surface area contributed by atoms with Gasteiger partial charge in [-0.05, 0) is 24.1 Å². The first-order chi connectivity index (χ1) is 13.0. The van der Waals surface area contributed by atoms with Crippen molar-refractivity contribution in [3.05, 3.63) is 47.0 Å². The number of benzene rings is 1. The summed E-state index contributed by atoms with van der Waals surface area (Å²) in [6, 6.07) is 9.82. The van der Waals surface area contributed by atoms with Gasteiger partial charge in [0.1, 0.15) is 6.61 Å². The summed E-state index contributed by atoms with van der Waals surface area (Å²) in [6.07, 6.45) is 0.750. The summed E-state index contributed by atoms with van der Waals surface area (Å²) in [5.74, 6) is -0.601. The van der Waals surface area contributed by atoms with Crippen LogP contribution < -0.4 is 22.2 Å². The lowest BCUT2D eigenvalue weighted by atomic mass is 9.98. The third-order valence-corrected chi connectivity index (χ3v) is 4.07. The van der Waals surface area contributed by atoms with Gasteiger partial charge in [0.15, 0.2) is 0 Å². The molecule has 0 atom stereocenters. The number of hydrazine groups is 1. The Bertz CT molecular complexity index is 713. The van der Waals surface area contributed by atoms with Gasteiger partial charge >= 0.3 is 0 Å². The van der Waals surface area contributed by atoms with E-state index in [2.05, 4.69) is 15.9 Å². The minimum Gasteiger partial charge on any atom is -0.391 e. The monoisotopic (exact) mass is 374 g/mol. The van der Waals surface area contributed by atoms with Crippen LogP contribution in [0.4, 0.5) is 0 Å². The van der Waals surface area contributed by atoms with Gasteiger partial charge < -0.3 is 21.6 Å². The lowest BCUT2D eigenvalue weighted by Gasteiger charge is -2.30. The number of hydrogen-bond donors (Lipinski definition) is 4. The second kappa shape index (κ2) is 10.2. The highest BCUT2D eigenvalue weighted by Crippen LogP contribution is 2.20. The van der Waals surface area contributed by atoms with Crippen molar-refractivity contribution in [1.29, 1.82) is 0 Å². The predicted octanol–water partition coefficient (Wildman–Crippen LogP) is -0.0487. The van der Waals surface area contributed by atoms with E-state index in [9.17, 15) is 9.59 Å². The molecule has 1 aromatic carbocycles. The fraction of sp³-hybridized carbons (Fsp3) is 0.389. The zero-order valence-corrected chi connectivity index (χ0v) is 15.4. The number of nitrogens with two attached hydrogens (primary N) is 2. The Morgan fingerprint density at radius 2 is 2.04 bits per heavy atom. The molecular weight excluding hydrogens is 348 g/mol. The minimum atomic E-state index is -0.254. The molecule has 9 heteroatoms. The largest absolute Gasteiger partial charge is 0.391 e. The molecule has 0 saturated heterocycles. The summed E-state index contributed by atoms with van der Waals surface area (Å²) in [7, 11) is 0. The number of carbonyl (C=O) groups excluding carboxylic acids is 2. The first-order valence-corrected chi connectivity index (χ1v) is 8.73. The standard InChI is InChI=1S/C18H26N6O3/c1-13-7-9-24(22-12-14-5-3-2-4-6-14)17(26)15(13)11-16(25)21-8-10-27-23-18(19)20/h2-6,22H,7-12H2,1H3,(H,21,25)(H4,19,20,23). The summed E-state index contributed by atoms with van der Waals surface area (Å²) < 4.78 is 0. The van der Waals surface area contributed by atoms with Gasteiger partial charge in [0.25, 0.3) is 5.91 Å². The normalized spacial score (nSPS) is 14.1. The second-order valence-electron chi connectivity index (χ2n) is 6.16. The average molecular weight is 374 g/mol. The molecule has 0 fully saturated rings. The molecule has 0 aliphatic carbocycles. The summed E-state index contributed by atoms with van der Waals surface area (Å²) >= 11 is 0. The topological polar surface area (TPSA) is 135 Å². The number of nitrogens with zero attached hydrogens (tertiary/aromatic N) is 2. The molecule has 1 aliphatic heterocycles. The Balaban J connectivity index is 1.83. The van der Waals surface area contributed by atoms with Crippen LogP contribution in [0.1, 0.15) is 25.3 Å². The van der Waals surface area contributed by atoms with Gasteiger partial charge in [-0.3, -0.25) is 14.6 Å². The first kappa shape index (κ1) is 20.2. The van der Waals surface area contributed by atoms with Crippen molar-refractivity contribution in [2.24, 2.45) is 16.6 Å². The Morgan fingerprint density at radius 1 is 1.30 bits per heavy atom. The number of oxime groups is 1. The van der Waals surface area contributed by atoms with E-state index >= 15 is 0 Å². The fourth-order valence-corrected chi connectivity index (χ4v) is 2.62. The Kier molecular flexibility index (Phi) is 7.63. The Labute approximate surface area is 158 Å². The van der Waals surface area contributed by atoms with Crippen LogP contribution in [0, 0.1) is 0 Å². The average Bonchev–Trinajstić information content (AvgIpc) is 2.65. The Hall–Kier alpha value is -3.07. The maximum Gasteiger partial charge on any atom is 0.264 e. The van der Waals surface area contributed by atoms with Crippen molar-refractivity contribution in [3.63, 3.8) is 0 Å². The van der Waals surface area contributed by atoms with E-state index in [-0.39, 0.29) is 37.3 Å². The van der Waals surface area contributed by atoms with Gasteiger partial charge in [0.2, 0.25) is 11.9 Å². The molecule has 1 aliphatic rings. The smallest absolute Gasteiger partial charge is 0.264 e. The summed E-state index contributed by atoms with van der Waals surface area (Å²) in [5, 5.41) is 7.61. The van der Waals surface area contributed by atoms with E-state index < -0.39 is 0 Å². The van der Waals surface area contributed by atoms with Crippen LogP contribution >= 0.6 is 0 Å². The SMILES string of the molecule is CC1=C(CC(=O)NCCON=C(N)N)C(=O)N(NCc2ccccc2)CC1. The molecular formula is C18H26N6O3. The third kappa shape index (κ3) is 6.63. The minimum absolute atomic E-state index is 0.0243. The molecule has 27 heavy (non-hydrogen) atoms. The molecule has 0 bridgehead atoms. The molecule has 2 amide bonds. The lowest BCUT2D eigenvalue weighted by Crippen LogP contribution is -2.47. The van der Waals surface area contributed by atoms with E-state index in [4.69, 9.17) is 16.3 Å². The van der Waals surface area contributed by atoms with Crippen LogP contribution in [-0.4, -0.2) is 42.5 Å². The van der Waals surface area contributed by atoms with Gasteiger partial charge in [-0.1, -0.05) is 35.9 Å². The molecule has 0 unspecified atom stereocenters. The maximum atomic E-state index is 12.7. The van der Waals surface area contributed by atoms with Crippen LogP contribution in [0.2, 0.25) is 0 Å². The number of nitrogens with one attached hydrogen (secondary N) is 2. The van der Waals surface area contributed by atoms with Crippen molar-refractivity contribution in [2.45, 2.75) is 26.3 Å². The molecule has 0 radical (unpaired) electrons. The van der Waals surface area contributed by atoms with Crippen LogP contribution in [0.5, 0.6) is 0 Å². The van der Waals surface area contributed by atoms with Crippen molar-refractivity contribution >= 4 is 17.8 Å². The maximum absolute atomic E-state index is 12.7. The van der Waals surface area contributed by atoms with Crippen LogP contribution in [0.25, 0.3) is 0 Å². The molecule has 9 nitrogen and oxygen atoms in total. The highest BCUT2D eigenvalue weighted by atomic mass is 16.6. The lowest BCUT2D eigenvalue weighted by molar-refractivity contribution is -0.132. The van der Waals surface area contributed by atoms with E-state index in [1.165, 1.54) is 0 Å². The van der Waals surface area contributed by atoms with Gasteiger partial charge in [-0.25, -0.2) is 5.43 Å². The van der Waals surface area contributed by atoms with Crippen LogP contribution in [-0.2, 0) is 21.0 Å². The quantitative estimate of drug-likeness (QED) is 0.207. The fourth-order valence-electron chi connectivity index (χ4n) is 2.62. The zero-order valence-electron chi connectivity index (χ0n) is 15.4. The molecule has 1 aromatic rings. The molecule has 6 N–H and O–H groups in total. The zero-order chi connectivity index (χ0) is 19.6. The van der Waals surface area contributed by atoms with Gasteiger partial charge in [-0.2, -0.15) is 0 Å². The van der Waals surface area contributed by atoms with Crippen LogP contribution in [0.15, 0.2) is 46.6 Å². The van der Waals surface area contributed by atoms with E-state index in [0.717, 1.165) is 17.6 Å². The summed E-state index contributed by atoms with van der Waals surface area (Å²) in [5.41, 5.74) is 15.9. The Morgan fingerprint density at radius 3 is 2.74 bits per heavy atom. The van der Waals surface area contributed by atoms with Crippen molar-refractivity contribution in [3.8, 4) is 0 Å². The predicted molar refractivity (Wildman–Crippen MR) is 102 cm³/mol. The number of rotatable bonds is 9. The van der Waals surface area contributed by atoms with Crippen LogP contribution in [0.3, 0.4) is 0 Å². The highest BCUT2D eigenvalue weighted by molar-refractivity contribution is 5.99. The molecule has 1 heterocycles. The third-order valence-electron chi connectivity index (χ3n) is 4.07. The first-order valence-electron chi connectivity index (χ1n) is 8.73. The molecule has 2 rings (SSSR count). The van der Waals surface area contributed by atoms with Crippen molar-refractivity contribution < 1.29 is 14.4 Å². The molecule has 0 aromatic heterocycles. The summed E-state index contributed by atoms with van der Waals surface area (Å²) in [6.45, 7) is 3.39. The van der Waals surface area contributed by atoms with E-state index in [1.54, 1.807) is 5.01 Å². The second-order valence-corrected chi connectivity index (χ2v) is 6.16. The van der Waals surface area contributed by atoms with Crippen molar-refractivity contribution in [2.75, 3.05) is 19.7 Å². The number of guanidine groups is 1. The summed E-state index contributed by atoms with van der Waals surface area (Å²) in [4.78, 5) is 29.6. The van der Waals surface area contributed by atoms with E-state index in [0.29, 0.717) is 18.7 Å². The number of amides is 2.